The van der Waals surface area contributed by atoms with Gasteiger partial charge in [0.15, 0.2) is 5.78 Å². The van der Waals surface area contributed by atoms with Gasteiger partial charge in [0.05, 0.1) is 12.1 Å². The van der Waals surface area contributed by atoms with Crippen molar-refractivity contribution in [3.05, 3.63) is 0 Å². The van der Waals surface area contributed by atoms with E-state index in [9.17, 15) is 9.59 Å². The molecule has 0 bridgehead atoms. The summed E-state index contributed by atoms with van der Waals surface area (Å²) in [5, 5.41) is 13.6. The minimum Gasteiger partial charge on any atom is -0.345 e. The number of carbonyl (C=O) groups excluding carboxylic acids is 2. The Bertz CT molecular complexity index is 604. The third-order valence-electron chi connectivity index (χ3n) is 5.45. The van der Waals surface area contributed by atoms with Gasteiger partial charge in [-0.05, 0) is 108 Å². The van der Waals surface area contributed by atoms with E-state index in [-0.39, 0.29) is 34.3 Å². The Labute approximate surface area is 211 Å². The maximum absolute atomic E-state index is 13.4. The van der Waals surface area contributed by atoms with Gasteiger partial charge in [-0.15, -0.1) is 0 Å². The Balaban J connectivity index is 5.12. The molecule has 0 aromatic rings. The summed E-state index contributed by atoms with van der Waals surface area (Å²) in [7, 11) is 0. The first kappa shape index (κ1) is 33.0. The third kappa shape index (κ3) is 17.5. The summed E-state index contributed by atoms with van der Waals surface area (Å²) in [5.74, 6) is 0.0441. The monoisotopic (exact) mass is 482 g/mol. The Hall–Kier alpha value is -0.980. The lowest BCUT2D eigenvalue weighted by molar-refractivity contribution is -0.133. The number of hydrogen-bond donors (Lipinski definition) is 4. The van der Waals surface area contributed by atoms with Crippen LogP contribution < -0.4 is 21.3 Å². The van der Waals surface area contributed by atoms with Crippen LogP contribution in [0.5, 0.6) is 0 Å². The average molecular weight is 483 g/mol. The molecule has 0 fully saturated rings. The van der Waals surface area contributed by atoms with Gasteiger partial charge in [0.25, 0.3) is 0 Å². The highest BCUT2D eigenvalue weighted by Gasteiger charge is 2.32. The number of rotatable bonds is 14. The number of nitrogens with one attached hydrogen (secondary N) is 4. The highest BCUT2D eigenvalue weighted by atomic mass is 16.2. The molecular formula is C28H58N4O2. The van der Waals surface area contributed by atoms with Crippen LogP contribution in [-0.4, -0.2) is 53.5 Å². The normalized spacial score (nSPS) is 15.2. The van der Waals surface area contributed by atoms with Crippen LogP contribution >= 0.6 is 0 Å². The summed E-state index contributed by atoms with van der Waals surface area (Å²) in [6.45, 7) is 26.8. The number of amides is 1. The molecule has 6 nitrogen and oxygen atoms in total. The van der Waals surface area contributed by atoms with E-state index in [0.717, 1.165) is 45.2 Å². The van der Waals surface area contributed by atoms with Crippen molar-refractivity contribution >= 4 is 11.7 Å². The van der Waals surface area contributed by atoms with Crippen molar-refractivity contribution < 1.29 is 9.59 Å². The second kappa shape index (κ2) is 13.9. The summed E-state index contributed by atoms with van der Waals surface area (Å²) < 4.78 is 0. The number of unbranched alkanes of at least 4 members (excludes halogenated alkanes) is 2. The maximum atomic E-state index is 13.4. The third-order valence-corrected chi connectivity index (χ3v) is 5.45. The molecule has 0 aromatic heterocycles. The molecule has 1 amide bonds. The van der Waals surface area contributed by atoms with E-state index in [0.29, 0.717) is 6.42 Å². The fourth-order valence-electron chi connectivity index (χ4n) is 3.73. The van der Waals surface area contributed by atoms with E-state index in [1.165, 1.54) is 0 Å². The Morgan fingerprint density at radius 3 is 1.35 bits per heavy atom. The molecule has 0 aliphatic rings. The minimum atomic E-state index is -0.493. The summed E-state index contributed by atoms with van der Waals surface area (Å²) in [6.07, 6.45) is 5.25. The second-order valence-electron chi connectivity index (χ2n) is 14.0. The maximum Gasteiger partial charge on any atom is 0.237 e. The van der Waals surface area contributed by atoms with Gasteiger partial charge >= 0.3 is 0 Å². The van der Waals surface area contributed by atoms with Crippen LogP contribution in [0, 0.1) is 5.41 Å². The number of hydrogen-bond acceptors (Lipinski definition) is 5. The average Bonchev–Trinajstić information content (AvgIpc) is 2.61. The van der Waals surface area contributed by atoms with Crippen molar-refractivity contribution in [1.29, 1.82) is 0 Å². The van der Waals surface area contributed by atoms with Gasteiger partial charge in [0.2, 0.25) is 5.91 Å². The Kier molecular flexibility index (Phi) is 13.5. The van der Waals surface area contributed by atoms with Crippen molar-refractivity contribution in [3.8, 4) is 0 Å². The molecule has 0 aliphatic carbocycles. The molecule has 0 spiro atoms. The topological polar surface area (TPSA) is 82.3 Å². The molecule has 0 aromatic carbocycles. The Morgan fingerprint density at radius 1 is 0.588 bits per heavy atom. The lowest BCUT2D eigenvalue weighted by Crippen LogP contribution is -2.55. The van der Waals surface area contributed by atoms with Crippen molar-refractivity contribution in [3.63, 3.8) is 0 Å². The molecule has 0 saturated carbocycles. The first-order valence-electron chi connectivity index (χ1n) is 13.3. The molecule has 2 unspecified atom stereocenters. The van der Waals surface area contributed by atoms with E-state index in [1.54, 1.807) is 0 Å². The summed E-state index contributed by atoms with van der Waals surface area (Å²) in [5.41, 5.74) is -0.493. The van der Waals surface area contributed by atoms with Crippen molar-refractivity contribution in [2.45, 2.75) is 150 Å². The molecule has 0 radical (unpaired) electrons. The van der Waals surface area contributed by atoms with Crippen LogP contribution in [0.3, 0.4) is 0 Å². The van der Waals surface area contributed by atoms with E-state index < -0.39 is 11.5 Å². The van der Waals surface area contributed by atoms with Crippen LogP contribution in [-0.2, 0) is 9.59 Å². The molecule has 202 valence electrons. The minimum absolute atomic E-state index is 0.0610. The largest absolute Gasteiger partial charge is 0.345 e. The van der Waals surface area contributed by atoms with Crippen LogP contribution in [0.25, 0.3) is 0 Å². The lowest BCUT2D eigenvalue weighted by atomic mass is 9.84. The van der Waals surface area contributed by atoms with Crippen LogP contribution in [0.15, 0.2) is 0 Å². The van der Waals surface area contributed by atoms with Gasteiger partial charge in [-0.3, -0.25) is 9.59 Å². The number of ketones is 1. The van der Waals surface area contributed by atoms with Crippen LogP contribution in [0.1, 0.15) is 122 Å². The van der Waals surface area contributed by atoms with Crippen molar-refractivity contribution in [1.82, 2.24) is 21.3 Å². The standard InChI is InChI=1S/C28H58N4O2/c1-25(2,3)23(33)21(17-13-15-19-29-26(4,5)6)31-24(34)22(32-28(10,11)12)18-14-16-20-30-27(7,8)9/h21-22,29-30,32H,13-20H2,1-12H3,(H,31,34). The van der Waals surface area contributed by atoms with E-state index in [2.05, 4.69) is 83.6 Å². The zero-order chi connectivity index (χ0) is 26.8. The van der Waals surface area contributed by atoms with Crippen LogP contribution in [0.2, 0.25) is 0 Å². The molecule has 34 heavy (non-hydrogen) atoms. The van der Waals surface area contributed by atoms with Gasteiger partial charge in [-0.2, -0.15) is 0 Å². The highest BCUT2D eigenvalue weighted by molar-refractivity contribution is 5.93. The van der Waals surface area contributed by atoms with E-state index in [1.807, 2.05) is 20.8 Å². The fraction of sp³-hybridized carbons (Fsp3) is 0.929. The highest BCUT2D eigenvalue weighted by Crippen LogP contribution is 2.20. The first-order valence-corrected chi connectivity index (χ1v) is 13.3. The molecule has 0 rings (SSSR count). The summed E-state index contributed by atoms with van der Waals surface area (Å²) >= 11 is 0. The fourth-order valence-corrected chi connectivity index (χ4v) is 3.73. The molecule has 0 aliphatic heterocycles. The van der Waals surface area contributed by atoms with Crippen molar-refractivity contribution in [2.24, 2.45) is 5.41 Å². The van der Waals surface area contributed by atoms with Gasteiger partial charge in [0.1, 0.15) is 0 Å². The SMILES string of the molecule is CC(C)(C)NCCCCC(NC(C)(C)C)C(=O)NC(CCCCNC(C)(C)C)C(=O)C(C)(C)C. The van der Waals surface area contributed by atoms with Crippen LogP contribution in [0.4, 0.5) is 0 Å². The number of carbonyl (C=O) groups is 2. The quantitative estimate of drug-likeness (QED) is 0.263. The zero-order valence-corrected chi connectivity index (χ0v) is 24.6. The Morgan fingerprint density at radius 2 is 1.00 bits per heavy atom. The van der Waals surface area contributed by atoms with E-state index in [4.69, 9.17) is 0 Å². The molecular weight excluding hydrogens is 424 g/mol. The lowest BCUT2D eigenvalue weighted by Gasteiger charge is -2.31. The molecule has 4 N–H and O–H groups in total. The van der Waals surface area contributed by atoms with Gasteiger partial charge < -0.3 is 21.3 Å². The predicted molar refractivity (Wildman–Crippen MR) is 146 cm³/mol. The smallest absolute Gasteiger partial charge is 0.237 e. The predicted octanol–water partition coefficient (Wildman–Crippen LogP) is 4.96. The first-order chi connectivity index (χ1) is 15.2. The molecule has 2 atom stereocenters. The van der Waals surface area contributed by atoms with Crippen molar-refractivity contribution in [2.75, 3.05) is 13.1 Å². The number of Topliss-reactive ketones (excluding diaryl/α,β-unsaturated/α-hetero) is 1. The van der Waals surface area contributed by atoms with Gasteiger partial charge in [-0.1, -0.05) is 27.2 Å². The summed E-state index contributed by atoms with van der Waals surface area (Å²) in [4.78, 5) is 26.5. The second-order valence-corrected chi connectivity index (χ2v) is 14.0. The van der Waals surface area contributed by atoms with Gasteiger partial charge in [-0.25, -0.2) is 0 Å². The molecule has 0 heterocycles. The van der Waals surface area contributed by atoms with Gasteiger partial charge in [0, 0.05) is 22.0 Å². The van der Waals surface area contributed by atoms with E-state index >= 15 is 0 Å². The molecule has 0 saturated heterocycles. The zero-order valence-electron chi connectivity index (χ0n) is 24.6. The summed E-state index contributed by atoms with van der Waals surface area (Å²) in [6, 6.07) is -0.763. The molecule has 6 heteroatoms.